The number of carbonyl (C=O) groups is 1. The van der Waals surface area contributed by atoms with Gasteiger partial charge in [-0.05, 0) is 44.2 Å². The van der Waals surface area contributed by atoms with Crippen molar-refractivity contribution in [1.29, 1.82) is 0 Å². The summed E-state index contributed by atoms with van der Waals surface area (Å²) in [5, 5.41) is 9.95. The van der Waals surface area contributed by atoms with E-state index in [2.05, 4.69) is 4.98 Å². The van der Waals surface area contributed by atoms with Crippen molar-refractivity contribution in [3.8, 4) is 0 Å². The quantitative estimate of drug-likeness (QED) is 0.860. The van der Waals surface area contributed by atoms with Crippen LogP contribution in [0.15, 0.2) is 11.1 Å². The maximum atomic E-state index is 11.3. The van der Waals surface area contributed by atoms with Gasteiger partial charge in [0, 0.05) is 24.7 Å². The van der Waals surface area contributed by atoms with Crippen molar-refractivity contribution in [2.45, 2.75) is 31.7 Å². The van der Waals surface area contributed by atoms with E-state index in [1.54, 1.807) is 11.8 Å². The van der Waals surface area contributed by atoms with E-state index in [0.717, 1.165) is 43.1 Å². The molecule has 1 saturated heterocycles. The van der Waals surface area contributed by atoms with E-state index in [4.69, 9.17) is 4.74 Å². The van der Waals surface area contributed by atoms with Crippen LogP contribution in [0.25, 0.3) is 0 Å². The number of aromatic nitrogens is 1. The molecule has 104 valence electrons. The Morgan fingerprint density at radius 2 is 2.16 bits per heavy atom. The molecule has 1 N–H and O–H groups in total. The second kappa shape index (κ2) is 6.39. The number of thioether (sulfide) groups is 1. The molecule has 0 bridgehead atoms. The second-order valence-electron chi connectivity index (χ2n) is 4.93. The first-order valence-corrected chi connectivity index (χ1v) is 7.48. The highest BCUT2D eigenvalue weighted by molar-refractivity contribution is 7.99. The van der Waals surface area contributed by atoms with Gasteiger partial charge in [0.25, 0.3) is 0 Å². The number of hydrogen-bond acceptors (Lipinski definition) is 4. The molecular weight excluding hydrogens is 262 g/mol. The zero-order valence-corrected chi connectivity index (χ0v) is 12.1. The molecule has 0 atom stereocenters. The summed E-state index contributed by atoms with van der Waals surface area (Å²) < 4.78 is 5.33. The minimum absolute atomic E-state index is 0.350. The number of aryl methyl sites for hydroxylation is 2. The summed E-state index contributed by atoms with van der Waals surface area (Å²) in [6.07, 6.45) is 2.11. The molecule has 0 radical (unpaired) electrons. The van der Waals surface area contributed by atoms with Gasteiger partial charge >= 0.3 is 5.97 Å². The standard InChI is InChI=1S/C14H19NO3S/c1-9-7-10(2)15-13(12(9)14(16)17)19-8-11-3-5-18-6-4-11/h7,11H,3-6,8H2,1-2H3,(H,16,17). The lowest BCUT2D eigenvalue weighted by atomic mass is 10.0. The van der Waals surface area contributed by atoms with Gasteiger partial charge in [0.1, 0.15) is 5.03 Å². The summed E-state index contributed by atoms with van der Waals surface area (Å²) in [6, 6.07) is 1.82. The molecule has 1 aromatic heterocycles. The molecule has 1 aliphatic heterocycles. The zero-order valence-electron chi connectivity index (χ0n) is 11.3. The molecule has 0 aliphatic carbocycles. The zero-order chi connectivity index (χ0) is 13.8. The molecule has 1 fully saturated rings. The maximum absolute atomic E-state index is 11.3. The number of nitrogens with zero attached hydrogens (tertiary/aromatic N) is 1. The third kappa shape index (κ3) is 3.70. The van der Waals surface area contributed by atoms with E-state index in [1.807, 2.05) is 19.9 Å². The fraction of sp³-hybridized carbons (Fsp3) is 0.571. The number of carboxylic acid groups (broad SMARTS) is 1. The van der Waals surface area contributed by atoms with Gasteiger partial charge in [-0.15, -0.1) is 11.8 Å². The largest absolute Gasteiger partial charge is 0.478 e. The van der Waals surface area contributed by atoms with E-state index in [9.17, 15) is 9.90 Å². The lowest BCUT2D eigenvalue weighted by Crippen LogP contribution is -2.17. The van der Waals surface area contributed by atoms with E-state index in [1.165, 1.54) is 0 Å². The Bertz CT molecular complexity index is 470. The van der Waals surface area contributed by atoms with Crippen molar-refractivity contribution >= 4 is 17.7 Å². The summed E-state index contributed by atoms with van der Waals surface area (Å²) >= 11 is 1.56. The normalized spacial score (nSPS) is 16.5. The second-order valence-corrected chi connectivity index (χ2v) is 5.94. The molecule has 2 heterocycles. The predicted octanol–water partition coefficient (Wildman–Crippen LogP) is 2.92. The topological polar surface area (TPSA) is 59.4 Å². The molecule has 0 spiro atoms. The third-order valence-corrected chi connectivity index (χ3v) is 4.53. The van der Waals surface area contributed by atoms with Crippen LogP contribution in [0.5, 0.6) is 0 Å². The molecule has 2 rings (SSSR count). The lowest BCUT2D eigenvalue weighted by molar-refractivity contribution is 0.0690. The first kappa shape index (κ1) is 14.3. The molecule has 0 aromatic carbocycles. The van der Waals surface area contributed by atoms with Crippen LogP contribution in [0, 0.1) is 19.8 Å². The number of ether oxygens (including phenoxy) is 1. The number of rotatable bonds is 4. The van der Waals surface area contributed by atoms with Gasteiger partial charge in [0.05, 0.1) is 5.56 Å². The maximum Gasteiger partial charge on any atom is 0.338 e. The van der Waals surface area contributed by atoms with Gasteiger partial charge in [0.2, 0.25) is 0 Å². The Morgan fingerprint density at radius 1 is 1.47 bits per heavy atom. The fourth-order valence-corrected chi connectivity index (χ4v) is 3.61. The lowest BCUT2D eigenvalue weighted by Gasteiger charge is -2.21. The van der Waals surface area contributed by atoms with Crippen molar-refractivity contribution in [2.75, 3.05) is 19.0 Å². The van der Waals surface area contributed by atoms with Crippen LogP contribution in [0.3, 0.4) is 0 Å². The molecular formula is C14H19NO3S. The third-order valence-electron chi connectivity index (χ3n) is 3.32. The summed E-state index contributed by atoms with van der Waals surface area (Å²) in [5.74, 6) is 0.627. The van der Waals surface area contributed by atoms with Gasteiger partial charge in [0.15, 0.2) is 0 Å². The molecule has 1 aromatic rings. The molecule has 19 heavy (non-hydrogen) atoms. The summed E-state index contributed by atoms with van der Waals surface area (Å²) in [7, 11) is 0. The molecule has 0 amide bonds. The summed E-state index contributed by atoms with van der Waals surface area (Å²) in [4.78, 5) is 15.7. The monoisotopic (exact) mass is 281 g/mol. The van der Waals surface area contributed by atoms with Crippen LogP contribution in [-0.4, -0.2) is 35.0 Å². The van der Waals surface area contributed by atoms with Crippen LogP contribution >= 0.6 is 11.8 Å². The van der Waals surface area contributed by atoms with Crippen LogP contribution in [0.2, 0.25) is 0 Å². The highest BCUT2D eigenvalue weighted by Gasteiger charge is 2.19. The van der Waals surface area contributed by atoms with E-state index < -0.39 is 5.97 Å². The van der Waals surface area contributed by atoms with Crippen molar-refractivity contribution in [2.24, 2.45) is 5.92 Å². The first-order chi connectivity index (χ1) is 9.08. The summed E-state index contributed by atoms with van der Waals surface area (Å²) in [6.45, 7) is 5.36. The Balaban J connectivity index is 2.12. The molecule has 5 heteroatoms. The van der Waals surface area contributed by atoms with Gasteiger partial charge in [-0.25, -0.2) is 9.78 Å². The van der Waals surface area contributed by atoms with Crippen LogP contribution < -0.4 is 0 Å². The average molecular weight is 281 g/mol. The number of pyridine rings is 1. The molecule has 0 saturated carbocycles. The Kier molecular flexibility index (Phi) is 4.82. The molecule has 0 unspecified atom stereocenters. The van der Waals surface area contributed by atoms with Crippen molar-refractivity contribution in [1.82, 2.24) is 4.98 Å². The van der Waals surface area contributed by atoms with E-state index >= 15 is 0 Å². The fourth-order valence-electron chi connectivity index (χ4n) is 2.28. The Labute approximate surface area is 117 Å². The molecule has 4 nitrogen and oxygen atoms in total. The van der Waals surface area contributed by atoms with Crippen molar-refractivity contribution < 1.29 is 14.6 Å². The number of hydrogen-bond donors (Lipinski definition) is 1. The van der Waals surface area contributed by atoms with Gasteiger partial charge in [-0.2, -0.15) is 0 Å². The van der Waals surface area contributed by atoms with Gasteiger partial charge in [-0.3, -0.25) is 0 Å². The average Bonchev–Trinajstić information content (AvgIpc) is 2.36. The Hall–Kier alpha value is -1.07. The predicted molar refractivity (Wildman–Crippen MR) is 74.9 cm³/mol. The summed E-state index contributed by atoms with van der Waals surface area (Å²) in [5.41, 5.74) is 2.01. The smallest absolute Gasteiger partial charge is 0.338 e. The number of carboxylic acids is 1. The van der Waals surface area contributed by atoms with Gasteiger partial charge < -0.3 is 9.84 Å². The van der Waals surface area contributed by atoms with E-state index in [0.29, 0.717) is 16.5 Å². The van der Waals surface area contributed by atoms with Crippen molar-refractivity contribution in [3.05, 3.63) is 22.9 Å². The highest BCUT2D eigenvalue weighted by Crippen LogP contribution is 2.28. The van der Waals surface area contributed by atoms with E-state index in [-0.39, 0.29) is 0 Å². The molecule has 1 aliphatic rings. The SMILES string of the molecule is Cc1cc(C)c(C(=O)O)c(SCC2CCOCC2)n1. The first-order valence-electron chi connectivity index (χ1n) is 6.50. The highest BCUT2D eigenvalue weighted by atomic mass is 32.2. The van der Waals surface area contributed by atoms with Gasteiger partial charge in [-0.1, -0.05) is 0 Å². The Morgan fingerprint density at radius 3 is 2.79 bits per heavy atom. The van der Waals surface area contributed by atoms with Crippen LogP contribution in [0.4, 0.5) is 0 Å². The van der Waals surface area contributed by atoms with Crippen LogP contribution in [-0.2, 0) is 4.74 Å². The minimum atomic E-state index is -0.889. The number of aromatic carboxylic acids is 1. The van der Waals surface area contributed by atoms with Crippen LogP contribution in [0.1, 0.15) is 34.5 Å². The van der Waals surface area contributed by atoms with Crippen molar-refractivity contribution in [3.63, 3.8) is 0 Å². The minimum Gasteiger partial charge on any atom is -0.478 e.